The average molecular weight is 324 g/mol. The van der Waals surface area contributed by atoms with Crippen LogP contribution in [0.15, 0.2) is 42.9 Å². The molecule has 1 unspecified atom stereocenters. The average Bonchev–Trinajstić information content (AvgIpc) is 3.01. The van der Waals surface area contributed by atoms with Crippen molar-refractivity contribution in [2.75, 3.05) is 0 Å². The van der Waals surface area contributed by atoms with Crippen molar-refractivity contribution in [2.24, 2.45) is 0 Å². The minimum atomic E-state index is -0.963. The molecule has 0 saturated carbocycles. The number of nitrogens with zero attached hydrogens (tertiary/aromatic N) is 2. The lowest BCUT2D eigenvalue weighted by molar-refractivity contribution is -0.137. The van der Waals surface area contributed by atoms with Crippen molar-refractivity contribution < 1.29 is 14.7 Å². The van der Waals surface area contributed by atoms with Gasteiger partial charge in [-0.25, -0.2) is 4.98 Å². The van der Waals surface area contributed by atoms with Crippen LogP contribution in [0.1, 0.15) is 23.8 Å². The number of fused-ring (bicyclic) bond motifs is 1. The zero-order chi connectivity index (χ0) is 17.1. The molecule has 0 bridgehead atoms. The highest BCUT2D eigenvalue weighted by Gasteiger charge is 2.14. The van der Waals surface area contributed by atoms with Crippen molar-refractivity contribution >= 4 is 22.9 Å². The molecule has 0 fully saturated rings. The first-order valence-corrected chi connectivity index (χ1v) is 7.45. The number of pyridine rings is 2. The van der Waals surface area contributed by atoms with Gasteiger partial charge in [0.1, 0.15) is 11.3 Å². The molecule has 0 aliphatic heterocycles. The van der Waals surface area contributed by atoms with E-state index in [4.69, 9.17) is 5.11 Å². The second-order valence-corrected chi connectivity index (χ2v) is 5.54. The van der Waals surface area contributed by atoms with Crippen LogP contribution in [0.4, 0.5) is 0 Å². The van der Waals surface area contributed by atoms with E-state index in [0.29, 0.717) is 0 Å². The van der Waals surface area contributed by atoms with Gasteiger partial charge >= 0.3 is 5.97 Å². The number of carboxylic acid groups (broad SMARTS) is 1. The lowest BCUT2D eigenvalue weighted by Crippen LogP contribution is -2.34. The maximum Gasteiger partial charge on any atom is 0.305 e. The SMILES string of the molecule is CC(CC(=O)O)NC(=O)c1cc(-c2cnc3[nH]ccc3c2)ccn1. The molecular weight excluding hydrogens is 308 g/mol. The molecule has 0 aliphatic rings. The maximum atomic E-state index is 12.2. The van der Waals surface area contributed by atoms with E-state index in [0.717, 1.165) is 22.2 Å². The van der Waals surface area contributed by atoms with Gasteiger partial charge < -0.3 is 15.4 Å². The Morgan fingerprint density at radius 3 is 2.88 bits per heavy atom. The summed E-state index contributed by atoms with van der Waals surface area (Å²) in [5.74, 6) is -1.36. The first kappa shape index (κ1) is 15.7. The summed E-state index contributed by atoms with van der Waals surface area (Å²) in [5, 5.41) is 12.4. The number of rotatable bonds is 5. The zero-order valence-corrected chi connectivity index (χ0v) is 13.0. The molecule has 7 nitrogen and oxygen atoms in total. The van der Waals surface area contributed by atoms with Gasteiger partial charge in [-0.05, 0) is 36.8 Å². The number of aromatic nitrogens is 3. The van der Waals surface area contributed by atoms with Crippen LogP contribution in [0.3, 0.4) is 0 Å². The molecule has 0 aliphatic carbocycles. The van der Waals surface area contributed by atoms with Crippen molar-refractivity contribution in [3.63, 3.8) is 0 Å². The second kappa shape index (κ2) is 6.49. The number of nitrogens with one attached hydrogen (secondary N) is 2. The molecular formula is C17H16N4O3. The van der Waals surface area contributed by atoms with E-state index >= 15 is 0 Å². The first-order chi connectivity index (χ1) is 11.5. The molecule has 3 rings (SSSR count). The van der Waals surface area contributed by atoms with Crippen LogP contribution in [0.5, 0.6) is 0 Å². The Balaban J connectivity index is 1.83. The Labute approximate surface area is 137 Å². The predicted molar refractivity (Wildman–Crippen MR) is 88.5 cm³/mol. The Morgan fingerprint density at radius 2 is 2.08 bits per heavy atom. The predicted octanol–water partition coefficient (Wildman–Crippen LogP) is 2.22. The van der Waals surface area contributed by atoms with E-state index in [9.17, 15) is 9.59 Å². The Kier molecular flexibility index (Phi) is 4.24. The monoisotopic (exact) mass is 324 g/mol. The number of carbonyl (C=O) groups is 2. The third kappa shape index (κ3) is 3.40. The fourth-order valence-electron chi connectivity index (χ4n) is 2.44. The number of aliphatic carboxylic acids is 1. The molecule has 24 heavy (non-hydrogen) atoms. The summed E-state index contributed by atoms with van der Waals surface area (Å²) in [7, 11) is 0. The van der Waals surface area contributed by atoms with Gasteiger partial charge in [0, 0.05) is 35.6 Å². The minimum absolute atomic E-state index is 0.139. The second-order valence-electron chi connectivity index (χ2n) is 5.54. The Morgan fingerprint density at radius 1 is 1.25 bits per heavy atom. The van der Waals surface area contributed by atoms with Crippen LogP contribution in [0, 0.1) is 0 Å². The van der Waals surface area contributed by atoms with Gasteiger partial charge in [-0.15, -0.1) is 0 Å². The topological polar surface area (TPSA) is 108 Å². The highest BCUT2D eigenvalue weighted by molar-refractivity contribution is 5.94. The molecule has 3 aromatic rings. The van der Waals surface area contributed by atoms with Crippen molar-refractivity contribution in [3.05, 3.63) is 48.5 Å². The number of aromatic amines is 1. The lowest BCUT2D eigenvalue weighted by atomic mass is 10.1. The molecule has 0 aromatic carbocycles. The summed E-state index contributed by atoms with van der Waals surface area (Å²) in [6.45, 7) is 1.64. The Bertz CT molecular complexity index is 903. The van der Waals surface area contributed by atoms with Crippen molar-refractivity contribution in [3.8, 4) is 11.1 Å². The van der Waals surface area contributed by atoms with E-state index in [1.807, 2.05) is 18.3 Å². The molecule has 3 aromatic heterocycles. The van der Waals surface area contributed by atoms with Crippen LogP contribution in [0.25, 0.3) is 22.2 Å². The first-order valence-electron chi connectivity index (χ1n) is 7.45. The van der Waals surface area contributed by atoms with E-state index in [2.05, 4.69) is 20.3 Å². The minimum Gasteiger partial charge on any atom is -0.481 e. The van der Waals surface area contributed by atoms with Gasteiger partial charge in [-0.1, -0.05) is 0 Å². The highest BCUT2D eigenvalue weighted by atomic mass is 16.4. The standard InChI is InChI=1S/C17H16N4O3/c1-10(6-15(22)23)21-17(24)14-8-11(2-4-18-14)13-7-12-3-5-19-16(12)20-9-13/h2-5,7-10H,6H2,1H3,(H,19,20)(H,21,24)(H,22,23). The number of amides is 1. The molecule has 3 N–H and O–H groups in total. The smallest absolute Gasteiger partial charge is 0.305 e. The number of carbonyl (C=O) groups excluding carboxylic acids is 1. The fraction of sp³-hybridized carbons (Fsp3) is 0.176. The van der Waals surface area contributed by atoms with Gasteiger partial charge in [0.15, 0.2) is 0 Å². The molecule has 0 saturated heterocycles. The quantitative estimate of drug-likeness (QED) is 0.667. The molecule has 1 atom stereocenters. The van der Waals surface area contributed by atoms with Crippen molar-refractivity contribution in [1.29, 1.82) is 0 Å². The largest absolute Gasteiger partial charge is 0.481 e. The molecule has 0 radical (unpaired) electrons. The summed E-state index contributed by atoms with van der Waals surface area (Å²) < 4.78 is 0. The zero-order valence-electron chi connectivity index (χ0n) is 13.0. The van der Waals surface area contributed by atoms with E-state index in [1.165, 1.54) is 0 Å². The van der Waals surface area contributed by atoms with Gasteiger partial charge in [0.05, 0.1) is 6.42 Å². The maximum absolute atomic E-state index is 12.2. The van der Waals surface area contributed by atoms with Crippen LogP contribution in [0.2, 0.25) is 0 Å². The fourth-order valence-corrected chi connectivity index (χ4v) is 2.44. The Hall–Kier alpha value is -3.22. The normalized spacial score (nSPS) is 12.0. The van der Waals surface area contributed by atoms with Gasteiger partial charge in [-0.3, -0.25) is 14.6 Å². The molecule has 0 spiro atoms. The highest BCUT2D eigenvalue weighted by Crippen LogP contribution is 2.22. The number of hydrogen-bond donors (Lipinski definition) is 3. The third-order valence-corrected chi connectivity index (χ3v) is 3.58. The van der Waals surface area contributed by atoms with E-state index in [1.54, 1.807) is 31.5 Å². The molecule has 1 amide bonds. The van der Waals surface area contributed by atoms with Crippen LogP contribution >= 0.6 is 0 Å². The van der Waals surface area contributed by atoms with Gasteiger partial charge in [0.2, 0.25) is 0 Å². The van der Waals surface area contributed by atoms with Crippen LogP contribution in [-0.2, 0) is 4.79 Å². The van der Waals surface area contributed by atoms with Crippen LogP contribution in [-0.4, -0.2) is 38.0 Å². The van der Waals surface area contributed by atoms with Crippen molar-refractivity contribution in [2.45, 2.75) is 19.4 Å². The number of H-pyrrole nitrogens is 1. The summed E-state index contributed by atoms with van der Waals surface area (Å²) in [6.07, 6.45) is 4.95. The summed E-state index contributed by atoms with van der Waals surface area (Å²) in [6, 6.07) is 6.89. The number of carboxylic acids is 1. The van der Waals surface area contributed by atoms with E-state index in [-0.39, 0.29) is 12.1 Å². The molecule has 122 valence electrons. The summed E-state index contributed by atoms with van der Waals surface area (Å²) in [5.41, 5.74) is 2.72. The summed E-state index contributed by atoms with van der Waals surface area (Å²) in [4.78, 5) is 34.3. The summed E-state index contributed by atoms with van der Waals surface area (Å²) >= 11 is 0. The lowest BCUT2D eigenvalue weighted by Gasteiger charge is -2.11. The van der Waals surface area contributed by atoms with E-state index < -0.39 is 17.9 Å². The van der Waals surface area contributed by atoms with Gasteiger partial charge in [0.25, 0.3) is 5.91 Å². The number of hydrogen-bond acceptors (Lipinski definition) is 4. The third-order valence-electron chi connectivity index (χ3n) is 3.58. The van der Waals surface area contributed by atoms with Crippen molar-refractivity contribution in [1.82, 2.24) is 20.3 Å². The molecule has 3 heterocycles. The van der Waals surface area contributed by atoms with Crippen LogP contribution < -0.4 is 5.32 Å². The molecule has 7 heteroatoms. The van der Waals surface area contributed by atoms with Gasteiger partial charge in [-0.2, -0.15) is 0 Å².